The molecule has 0 amide bonds. The van der Waals surface area contributed by atoms with Gasteiger partial charge in [-0.25, -0.2) is 0 Å². The molecule has 1 N–H and O–H groups in total. The molecule has 3 rings (SSSR count). The molecule has 5 nitrogen and oxygen atoms in total. The van der Waals surface area contributed by atoms with Crippen molar-refractivity contribution in [3.63, 3.8) is 0 Å². The molecule has 0 atom stereocenters. The third kappa shape index (κ3) is 4.10. The van der Waals surface area contributed by atoms with Gasteiger partial charge >= 0.3 is 5.95 Å². The van der Waals surface area contributed by atoms with Crippen LogP contribution in [0, 0.1) is 0 Å². The van der Waals surface area contributed by atoms with Gasteiger partial charge in [0.15, 0.2) is 0 Å². The van der Waals surface area contributed by atoms with E-state index in [-0.39, 0.29) is 0 Å². The Labute approximate surface area is 149 Å². The summed E-state index contributed by atoms with van der Waals surface area (Å²) in [6, 6.07) is 15.1. The van der Waals surface area contributed by atoms with Crippen molar-refractivity contribution in [1.29, 1.82) is 0 Å². The van der Waals surface area contributed by atoms with Crippen LogP contribution in [0.5, 0.6) is 0 Å². The zero-order valence-corrected chi connectivity index (χ0v) is 15.1. The number of unbranched alkanes of at least 4 members (excludes halogenated alkanes) is 2. The van der Waals surface area contributed by atoms with E-state index in [1.54, 1.807) is 0 Å². The molecule has 0 spiro atoms. The van der Waals surface area contributed by atoms with E-state index in [4.69, 9.17) is 0 Å². The number of H-pyrrole nitrogens is 1. The Balaban J connectivity index is 2.13. The number of hydrogen-bond donors (Lipinski definition) is 1. The number of aromatic nitrogens is 5. The second kappa shape index (κ2) is 8.51. The summed E-state index contributed by atoms with van der Waals surface area (Å²) in [5, 5.41) is 14.8. The molecule has 130 valence electrons. The molecule has 5 heteroatoms. The molecule has 0 saturated carbocycles. The Kier molecular flexibility index (Phi) is 5.88. The van der Waals surface area contributed by atoms with Crippen LogP contribution < -0.4 is 4.57 Å². The van der Waals surface area contributed by atoms with Crippen molar-refractivity contribution in [2.45, 2.75) is 52.4 Å². The van der Waals surface area contributed by atoms with Gasteiger partial charge in [0.25, 0.3) is 0 Å². The molecular weight excluding hydrogens is 310 g/mol. The summed E-state index contributed by atoms with van der Waals surface area (Å²) in [6.07, 6.45) is 6.61. The summed E-state index contributed by atoms with van der Waals surface area (Å²) < 4.78 is 2.18. The van der Waals surface area contributed by atoms with Crippen molar-refractivity contribution in [2.24, 2.45) is 0 Å². The van der Waals surface area contributed by atoms with E-state index in [1.165, 1.54) is 22.5 Å². The molecule has 0 aliphatic carbocycles. The summed E-state index contributed by atoms with van der Waals surface area (Å²) in [6.45, 7) is 4.44. The summed E-state index contributed by atoms with van der Waals surface area (Å²) >= 11 is 0. The first-order chi connectivity index (χ1) is 12.3. The van der Waals surface area contributed by atoms with Gasteiger partial charge in [-0.3, -0.25) is 0 Å². The van der Waals surface area contributed by atoms with Crippen molar-refractivity contribution < 1.29 is 4.57 Å². The highest BCUT2D eigenvalue weighted by Gasteiger charge is 2.22. The van der Waals surface area contributed by atoms with Crippen molar-refractivity contribution in [1.82, 2.24) is 20.6 Å². The van der Waals surface area contributed by atoms with Crippen LogP contribution in [0.15, 0.2) is 42.5 Å². The number of aryl methyl sites for hydroxylation is 2. The van der Waals surface area contributed by atoms with Crippen LogP contribution in [-0.2, 0) is 12.8 Å². The highest BCUT2D eigenvalue weighted by Crippen LogP contribution is 2.22. The molecular formula is C20H26N5+. The zero-order chi connectivity index (χ0) is 17.5. The van der Waals surface area contributed by atoms with Gasteiger partial charge in [-0.15, -0.1) is 0 Å². The highest BCUT2D eigenvalue weighted by atomic mass is 15.5. The second-order valence-corrected chi connectivity index (χ2v) is 6.35. The van der Waals surface area contributed by atoms with Crippen LogP contribution in [0.25, 0.3) is 17.1 Å². The van der Waals surface area contributed by atoms with Gasteiger partial charge in [-0.2, -0.15) is 4.57 Å². The minimum Gasteiger partial charge on any atom is -0.197 e. The number of nitrogens with one attached hydrogen (secondary N) is 1. The minimum absolute atomic E-state index is 0.636. The number of benzene rings is 1. The smallest absolute Gasteiger partial charge is 0.197 e. The lowest BCUT2D eigenvalue weighted by atomic mass is 10.0. The molecule has 0 radical (unpaired) electrons. The normalized spacial score (nSPS) is 11.0. The van der Waals surface area contributed by atoms with Gasteiger partial charge in [-0.05, 0) is 36.1 Å². The van der Waals surface area contributed by atoms with Gasteiger partial charge in [0.2, 0.25) is 0 Å². The Hall–Kier alpha value is -2.56. The molecule has 0 aliphatic rings. The van der Waals surface area contributed by atoms with E-state index in [0.29, 0.717) is 5.95 Å². The SMILES string of the molecule is CCCCc1cc(-c2ccccc2)cc(CCCC)[n+]1-c1nn[nH]n1. The van der Waals surface area contributed by atoms with Gasteiger partial charge in [0, 0.05) is 23.2 Å². The van der Waals surface area contributed by atoms with Crippen LogP contribution >= 0.6 is 0 Å². The number of hydrogen-bond acceptors (Lipinski definition) is 3. The summed E-state index contributed by atoms with van der Waals surface area (Å²) in [4.78, 5) is 0. The first kappa shape index (κ1) is 17.3. The summed E-state index contributed by atoms with van der Waals surface area (Å²) in [5.74, 6) is 0.636. The average Bonchev–Trinajstić information content (AvgIpc) is 3.19. The van der Waals surface area contributed by atoms with Gasteiger partial charge in [0.1, 0.15) is 0 Å². The molecule has 2 heterocycles. The van der Waals surface area contributed by atoms with E-state index in [0.717, 1.165) is 38.5 Å². The molecule has 3 aromatic rings. The van der Waals surface area contributed by atoms with Crippen LogP contribution in [0.2, 0.25) is 0 Å². The third-order valence-electron chi connectivity index (χ3n) is 4.43. The van der Waals surface area contributed by atoms with Crippen LogP contribution in [-0.4, -0.2) is 20.6 Å². The largest absolute Gasteiger partial charge is 0.483 e. The Morgan fingerprint density at radius 2 is 1.52 bits per heavy atom. The lowest BCUT2D eigenvalue weighted by Crippen LogP contribution is -2.42. The van der Waals surface area contributed by atoms with Crippen molar-refractivity contribution in [3.8, 4) is 17.1 Å². The Bertz CT molecular complexity index is 752. The molecule has 0 bridgehead atoms. The van der Waals surface area contributed by atoms with E-state index in [9.17, 15) is 0 Å². The lowest BCUT2D eigenvalue weighted by molar-refractivity contribution is -0.620. The molecule has 1 aromatic carbocycles. The molecule has 0 unspecified atom stereocenters. The van der Waals surface area contributed by atoms with E-state index in [2.05, 4.69) is 81.5 Å². The Morgan fingerprint density at radius 3 is 2.04 bits per heavy atom. The van der Waals surface area contributed by atoms with Gasteiger partial charge < -0.3 is 0 Å². The van der Waals surface area contributed by atoms with E-state index in [1.807, 2.05) is 0 Å². The fraction of sp³-hybridized carbons (Fsp3) is 0.400. The molecule has 0 saturated heterocycles. The number of pyridine rings is 1. The quantitative estimate of drug-likeness (QED) is 0.636. The number of aromatic amines is 1. The lowest BCUT2D eigenvalue weighted by Gasteiger charge is -2.13. The fourth-order valence-electron chi connectivity index (χ4n) is 3.10. The second-order valence-electron chi connectivity index (χ2n) is 6.35. The standard InChI is InChI=1S/C20H26N5/c1-3-5-12-18-14-17(16-10-8-7-9-11-16)15-19(13-6-4-2)25(18)20-21-23-24-22-20/h7-11,14-15H,3-6,12-13H2,1-2H3,(H,21,22,23,24)/q+1. The van der Waals surface area contributed by atoms with E-state index >= 15 is 0 Å². The fourth-order valence-corrected chi connectivity index (χ4v) is 3.10. The zero-order valence-electron chi connectivity index (χ0n) is 15.1. The Morgan fingerprint density at radius 1 is 0.880 bits per heavy atom. The molecule has 0 fully saturated rings. The summed E-state index contributed by atoms with van der Waals surface area (Å²) in [5.41, 5.74) is 5.00. The van der Waals surface area contributed by atoms with Crippen molar-refractivity contribution in [2.75, 3.05) is 0 Å². The molecule has 2 aromatic heterocycles. The minimum atomic E-state index is 0.636. The number of nitrogens with zero attached hydrogens (tertiary/aromatic N) is 4. The highest BCUT2D eigenvalue weighted by molar-refractivity contribution is 5.63. The topological polar surface area (TPSA) is 58.3 Å². The maximum Gasteiger partial charge on any atom is 0.483 e. The van der Waals surface area contributed by atoms with Crippen molar-refractivity contribution >= 4 is 0 Å². The van der Waals surface area contributed by atoms with E-state index < -0.39 is 0 Å². The van der Waals surface area contributed by atoms with Gasteiger partial charge in [0.05, 0.1) is 16.5 Å². The number of tetrazole rings is 1. The monoisotopic (exact) mass is 336 g/mol. The average molecular weight is 336 g/mol. The molecule has 25 heavy (non-hydrogen) atoms. The predicted molar refractivity (Wildman–Crippen MR) is 98.4 cm³/mol. The van der Waals surface area contributed by atoms with Crippen molar-refractivity contribution in [3.05, 3.63) is 53.9 Å². The third-order valence-corrected chi connectivity index (χ3v) is 4.43. The van der Waals surface area contributed by atoms with Crippen LogP contribution in [0.3, 0.4) is 0 Å². The maximum atomic E-state index is 4.24. The summed E-state index contributed by atoms with van der Waals surface area (Å²) in [7, 11) is 0. The molecule has 0 aliphatic heterocycles. The van der Waals surface area contributed by atoms with Crippen LogP contribution in [0.1, 0.15) is 50.9 Å². The van der Waals surface area contributed by atoms with Gasteiger partial charge in [-0.1, -0.05) is 62.2 Å². The predicted octanol–water partition coefficient (Wildman–Crippen LogP) is 3.83. The maximum absolute atomic E-state index is 4.24. The first-order valence-electron chi connectivity index (χ1n) is 9.20. The first-order valence-corrected chi connectivity index (χ1v) is 9.20. The van der Waals surface area contributed by atoms with Crippen LogP contribution in [0.4, 0.5) is 0 Å². The number of rotatable bonds is 8.